The fourth-order valence-electron chi connectivity index (χ4n) is 2.98. The number of aromatic nitrogens is 2. The Bertz CT molecular complexity index is 498. The fourth-order valence-corrected chi connectivity index (χ4v) is 3.26. The molecule has 0 atom stereocenters. The van der Waals surface area contributed by atoms with Crippen LogP contribution in [0.3, 0.4) is 0 Å². The Morgan fingerprint density at radius 3 is 2.75 bits per heavy atom. The van der Waals surface area contributed by atoms with Gasteiger partial charge in [0, 0.05) is 24.3 Å². The first-order valence-corrected chi connectivity index (χ1v) is 7.76. The van der Waals surface area contributed by atoms with Crippen molar-refractivity contribution in [1.29, 1.82) is 0 Å². The smallest absolute Gasteiger partial charge is 0.144 e. The van der Waals surface area contributed by atoms with E-state index in [9.17, 15) is 0 Å². The van der Waals surface area contributed by atoms with Crippen molar-refractivity contribution in [3.63, 3.8) is 0 Å². The molecule has 1 aromatic heterocycles. The molecule has 1 fully saturated rings. The van der Waals surface area contributed by atoms with Crippen LogP contribution in [0.2, 0.25) is 5.15 Å². The van der Waals surface area contributed by atoms with E-state index in [4.69, 9.17) is 21.3 Å². The zero-order chi connectivity index (χ0) is 14.2. The second-order valence-corrected chi connectivity index (χ2v) is 6.94. The van der Waals surface area contributed by atoms with Gasteiger partial charge >= 0.3 is 0 Å². The average Bonchev–Trinajstić information content (AvgIpc) is 2.41. The third kappa shape index (κ3) is 3.13. The summed E-state index contributed by atoms with van der Waals surface area (Å²) in [4.78, 5) is 11.6. The van der Waals surface area contributed by atoms with Gasteiger partial charge < -0.3 is 4.74 Å². The molecule has 0 saturated carbocycles. The maximum Gasteiger partial charge on any atom is 0.144 e. The summed E-state index contributed by atoms with van der Waals surface area (Å²) in [6, 6.07) is 0. The lowest BCUT2D eigenvalue weighted by atomic mass is 9.76. The Kier molecular flexibility index (Phi) is 3.98. The lowest BCUT2D eigenvalue weighted by molar-refractivity contribution is 0.0330. The predicted molar refractivity (Wildman–Crippen MR) is 78.9 cm³/mol. The summed E-state index contributed by atoms with van der Waals surface area (Å²) < 4.78 is 5.37. The Labute approximate surface area is 125 Å². The highest BCUT2D eigenvalue weighted by atomic mass is 35.5. The normalized spacial score (nSPS) is 22.6. The standard InChI is InChI=1S/C15H22ClN3O/c1-15(2)4-3-12-11(9-15)14(16)18-13(17-12)10-19-5-7-20-8-6-19/h3-10H2,1-2H3. The second kappa shape index (κ2) is 5.58. The van der Waals surface area contributed by atoms with Crippen LogP contribution in [-0.4, -0.2) is 41.2 Å². The van der Waals surface area contributed by atoms with Gasteiger partial charge in [0.1, 0.15) is 11.0 Å². The van der Waals surface area contributed by atoms with Crippen molar-refractivity contribution in [3.8, 4) is 0 Å². The van der Waals surface area contributed by atoms with Crippen molar-refractivity contribution < 1.29 is 4.74 Å². The summed E-state index contributed by atoms with van der Waals surface area (Å²) in [5.74, 6) is 0.857. The molecule has 0 aromatic carbocycles. The van der Waals surface area contributed by atoms with Gasteiger partial charge in [-0.05, 0) is 24.7 Å². The van der Waals surface area contributed by atoms with E-state index in [0.29, 0.717) is 10.6 Å². The van der Waals surface area contributed by atoms with Crippen molar-refractivity contribution in [2.24, 2.45) is 5.41 Å². The first-order chi connectivity index (χ1) is 9.53. The summed E-state index contributed by atoms with van der Waals surface area (Å²) in [7, 11) is 0. The molecule has 4 nitrogen and oxygen atoms in total. The van der Waals surface area contributed by atoms with E-state index in [2.05, 4.69) is 23.7 Å². The number of hydrogen-bond donors (Lipinski definition) is 0. The van der Waals surface area contributed by atoms with Crippen LogP contribution in [0.1, 0.15) is 37.4 Å². The van der Waals surface area contributed by atoms with Gasteiger partial charge in [-0.2, -0.15) is 0 Å². The average molecular weight is 296 g/mol. The summed E-state index contributed by atoms with van der Waals surface area (Å²) in [6.45, 7) is 8.84. The van der Waals surface area contributed by atoms with Crippen molar-refractivity contribution in [3.05, 3.63) is 22.2 Å². The van der Waals surface area contributed by atoms with Gasteiger partial charge in [0.25, 0.3) is 0 Å². The number of rotatable bonds is 2. The molecule has 2 aliphatic rings. The Balaban J connectivity index is 1.79. The van der Waals surface area contributed by atoms with Crippen LogP contribution in [0.4, 0.5) is 0 Å². The van der Waals surface area contributed by atoms with Crippen LogP contribution in [0.25, 0.3) is 0 Å². The topological polar surface area (TPSA) is 38.2 Å². The lowest BCUT2D eigenvalue weighted by Gasteiger charge is -2.31. The van der Waals surface area contributed by atoms with Crippen molar-refractivity contribution in [2.75, 3.05) is 26.3 Å². The highest BCUT2D eigenvalue weighted by molar-refractivity contribution is 6.30. The van der Waals surface area contributed by atoms with Crippen molar-refractivity contribution in [1.82, 2.24) is 14.9 Å². The van der Waals surface area contributed by atoms with E-state index in [1.54, 1.807) is 0 Å². The predicted octanol–water partition coefficient (Wildman–Crippen LogP) is 2.48. The first kappa shape index (κ1) is 14.2. The minimum absolute atomic E-state index is 0.311. The molecule has 110 valence electrons. The van der Waals surface area contributed by atoms with Gasteiger partial charge in [0.05, 0.1) is 19.8 Å². The molecule has 5 heteroatoms. The number of hydrogen-bond acceptors (Lipinski definition) is 4. The van der Waals surface area contributed by atoms with Crippen LogP contribution in [-0.2, 0) is 24.1 Å². The zero-order valence-corrected chi connectivity index (χ0v) is 13.0. The summed E-state index contributed by atoms with van der Waals surface area (Å²) >= 11 is 6.40. The molecule has 0 N–H and O–H groups in total. The SMILES string of the molecule is CC1(C)CCc2nc(CN3CCOCC3)nc(Cl)c2C1. The summed E-state index contributed by atoms with van der Waals surface area (Å²) in [5.41, 5.74) is 2.63. The minimum Gasteiger partial charge on any atom is -0.379 e. The molecule has 20 heavy (non-hydrogen) atoms. The van der Waals surface area contributed by atoms with Gasteiger partial charge in [-0.1, -0.05) is 25.4 Å². The Hall–Kier alpha value is -0.710. The fraction of sp³-hybridized carbons (Fsp3) is 0.733. The monoisotopic (exact) mass is 295 g/mol. The molecule has 0 radical (unpaired) electrons. The molecular weight excluding hydrogens is 274 g/mol. The highest BCUT2D eigenvalue weighted by Gasteiger charge is 2.29. The lowest BCUT2D eigenvalue weighted by Crippen LogP contribution is -2.36. The molecule has 1 aliphatic heterocycles. The number of nitrogens with zero attached hydrogens (tertiary/aromatic N) is 3. The van der Waals surface area contributed by atoms with Crippen LogP contribution in [0, 0.1) is 5.41 Å². The van der Waals surface area contributed by atoms with Crippen LogP contribution >= 0.6 is 11.6 Å². The Morgan fingerprint density at radius 2 is 2.00 bits per heavy atom. The van der Waals surface area contributed by atoms with Crippen LogP contribution < -0.4 is 0 Å². The Morgan fingerprint density at radius 1 is 1.25 bits per heavy atom. The molecule has 0 bridgehead atoms. The van der Waals surface area contributed by atoms with Crippen molar-refractivity contribution in [2.45, 2.75) is 39.7 Å². The number of aryl methyl sites for hydroxylation is 1. The number of fused-ring (bicyclic) bond motifs is 1. The van der Waals surface area contributed by atoms with E-state index in [1.807, 2.05) is 0 Å². The number of ether oxygens (including phenoxy) is 1. The molecule has 0 amide bonds. The molecule has 1 saturated heterocycles. The summed E-state index contributed by atoms with van der Waals surface area (Å²) in [5, 5.41) is 0.658. The second-order valence-electron chi connectivity index (χ2n) is 6.59. The maximum absolute atomic E-state index is 6.40. The molecule has 1 aromatic rings. The quantitative estimate of drug-likeness (QED) is 0.786. The van der Waals surface area contributed by atoms with Crippen molar-refractivity contribution >= 4 is 11.6 Å². The molecule has 0 spiro atoms. The third-order valence-corrected chi connectivity index (χ3v) is 4.56. The molecular formula is C15H22ClN3O. The highest BCUT2D eigenvalue weighted by Crippen LogP contribution is 2.36. The molecule has 3 rings (SSSR count). The van der Waals surface area contributed by atoms with Crippen LogP contribution in [0.15, 0.2) is 0 Å². The van der Waals surface area contributed by atoms with E-state index in [1.165, 1.54) is 6.42 Å². The number of morpholine rings is 1. The molecule has 2 heterocycles. The molecule has 1 aliphatic carbocycles. The van der Waals surface area contributed by atoms with Crippen LogP contribution in [0.5, 0.6) is 0 Å². The zero-order valence-electron chi connectivity index (χ0n) is 12.3. The summed E-state index contributed by atoms with van der Waals surface area (Å²) in [6.07, 6.45) is 3.17. The largest absolute Gasteiger partial charge is 0.379 e. The number of halogens is 1. The van der Waals surface area contributed by atoms with E-state index < -0.39 is 0 Å². The van der Waals surface area contributed by atoms with Gasteiger partial charge in [0.15, 0.2) is 0 Å². The third-order valence-electron chi connectivity index (χ3n) is 4.25. The maximum atomic E-state index is 6.40. The van der Waals surface area contributed by atoms with Gasteiger partial charge in [-0.25, -0.2) is 9.97 Å². The van der Waals surface area contributed by atoms with Gasteiger partial charge in [-0.15, -0.1) is 0 Å². The van der Waals surface area contributed by atoms with E-state index in [0.717, 1.165) is 62.8 Å². The van der Waals surface area contributed by atoms with E-state index >= 15 is 0 Å². The first-order valence-electron chi connectivity index (χ1n) is 7.38. The molecule has 0 unspecified atom stereocenters. The van der Waals surface area contributed by atoms with E-state index in [-0.39, 0.29) is 0 Å². The minimum atomic E-state index is 0.311. The van der Waals surface area contributed by atoms with Gasteiger partial charge in [0.2, 0.25) is 0 Å². The van der Waals surface area contributed by atoms with Gasteiger partial charge in [-0.3, -0.25) is 4.90 Å².